The van der Waals surface area contributed by atoms with Crippen LogP contribution in [0.1, 0.15) is 71.6 Å². The highest BCUT2D eigenvalue weighted by molar-refractivity contribution is 5.85. The average Bonchev–Trinajstić information content (AvgIpc) is 2.90. The van der Waals surface area contributed by atoms with Gasteiger partial charge in [0.05, 0.1) is 6.10 Å². The average molecular weight is 407 g/mol. The van der Waals surface area contributed by atoms with Crippen molar-refractivity contribution < 1.29 is 5.11 Å². The quantitative estimate of drug-likeness (QED) is 0.659. The van der Waals surface area contributed by atoms with Crippen molar-refractivity contribution in [1.29, 1.82) is 0 Å². The predicted octanol–water partition coefficient (Wildman–Crippen LogP) is 4.15. The van der Waals surface area contributed by atoms with Crippen LogP contribution in [0, 0.1) is 34.5 Å². The lowest BCUT2D eigenvalue weighted by molar-refractivity contribution is -0.123. The van der Waals surface area contributed by atoms with Crippen molar-refractivity contribution in [2.45, 2.75) is 83.8 Å². The lowest BCUT2D eigenvalue weighted by Crippen LogP contribution is -2.56. The molecule has 0 saturated heterocycles. The molecule has 0 aromatic carbocycles. The molecule has 0 heterocycles. The summed E-state index contributed by atoms with van der Waals surface area (Å²) in [5, 5.41) is 13.9. The fourth-order valence-corrected chi connectivity index (χ4v) is 7.83. The van der Waals surface area contributed by atoms with Crippen LogP contribution in [0.3, 0.4) is 0 Å². The van der Waals surface area contributed by atoms with Gasteiger partial charge in [0.2, 0.25) is 0 Å². The van der Waals surface area contributed by atoms with E-state index < -0.39 is 0 Å². The maximum Gasteiger partial charge on any atom is 0.0543 e. The Labute approximate surface area is 172 Å². The third-order valence-corrected chi connectivity index (χ3v) is 9.17. The zero-order chi connectivity index (χ0) is 16.9. The molecule has 0 bridgehead atoms. The van der Waals surface area contributed by atoms with Crippen molar-refractivity contribution in [1.82, 2.24) is 5.32 Å². The molecule has 5 heteroatoms. The van der Waals surface area contributed by atoms with Gasteiger partial charge in [-0.25, -0.2) is 0 Å². The first-order chi connectivity index (χ1) is 11.5. The van der Waals surface area contributed by atoms with Crippen LogP contribution >= 0.6 is 24.8 Å². The first-order valence-corrected chi connectivity index (χ1v) is 10.6. The predicted molar refractivity (Wildman–Crippen MR) is 113 cm³/mol. The van der Waals surface area contributed by atoms with E-state index in [0.29, 0.717) is 16.9 Å². The van der Waals surface area contributed by atoms with E-state index in [2.05, 4.69) is 19.2 Å². The number of aliphatic hydroxyl groups is 1. The van der Waals surface area contributed by atoms with E-state index in [0.717, 1.165) is 49.6 Å². The molecular formula is C21H40Cl2N2O. The Morgan fingerprint density at radius 1 is 0.923 bits per heavy atom. The fourth-order valence-electron chi connectivity index (χ4n) is 7.83. The molecule has 0 spiro atoms. The van der Waals surface area contributed by atoms with Gasteiger partial charge in [0.25, 0.3) is 0 Å². The number of fused-ring (bicyclic) bond motifs is 5. The van der Waals surface area contributed by atoms with Crippen LogP contribution < -0.4 is 11.1 Å². The first kappa shape index (κ1) is 22.7. The highest BCUT2D eigenvalue weighted by atomic mass is 35.5. The molecule has 154 valence electrons. The van der Waals surface area contributed by atoms with Crippen molar-refractivity contribution in [2.24, 2.45) is 40.2 Å². The van der Waals surface area contributed by atoms with Crippen LogP contribution in [0.15, 0.2) is 0 Å². The zero-order valence-electron chi connectivity index (χ0n) is 16.6. The molecule has 0 amide bonds. The van der Waals surface area contributed by atoms with E-state index in [1.165, 1.54) is 44.9 Å². The highest BCUT2D eigenvalue weighted by Gasteiger charge is 2.59. The Morgan fingerprint density at radius 3 is 2.35 bits per heavy atom. The van der Waals surface area contributed by atoms with Gasteiger partial charge < -0.3 is 16.2 Å². The second kappa shape index (κ2) is 8.45. The van der Waals surface area contributed by atoms with Gasteiger partial charge in [0.15, 0.2) is 0 Å². The van der Waals surface area contributed by atoms with E-state index >= 15 is 0 Å². The molecule has 8 atom stereocenters. The van der Waals surface area contributed by atoms with E-state index in [4.69, 9.17) is 5.73 Å². The Morgan fingerprint density at radius 2 is 1.62 bits per heavy atom. The molecule has 0 aliphatic heterocycles. The minimum atomic E-state index is -0.0233. The van der Waals surface area contributed by atoms with E-state index in [1.807, 2.05) is 0 Å². The molecule has 5 unspecified atom stereocenters. The van der Waals surface area contributed by atoms with Gasteiger partial charge in [-0.15, -0.1) is 24.8 Å². The molecule has 4 fully saturated rings. The summed E-state index contributed by atoms with van der Waals surface area (Å²) in [6.07, 6.45) is 11.7. The molecule has 4 aliphatic rings. The number of hydrogen-bond donors (Lipinski definition) is 3. The standard InChI is InChI=1S/C21H38N2O.2ClH/c1-20-9-7-15(24)13-14(20)3-4-16-17-5-6-19(23-12-11-22)21(17,2)10-8-18(16)20;;/h14-19,23-24H,3-13,22H2,1-2H3;2*1H/t14-,15?,16?,17?,18?,19?,20-,21-;;/m0../s1. The molecule has 26 heavy (non-hydrogen) atoms. The monoisotopic (exact) mass is 406 g/mol. The minimum Gasteiger partial charge on any atom is -0.393 e. The summed E-state index contributed by atoms with van der Waals surface area (Å²) < 4.78 is 0. The van der Waals surface area contributed by atoms with Gasteiger partial charge in [-0.05, 0) is 92.3 Å². The largest absolute Gasteiger partial charge is 0.393 e. The number of nitrogens with one attached hydrogen (secondary N) is 1. The molecule has 4 saturated carbocycles. The van der Waals surface area contributed by atoms with Gasteiger partial charge in [-0.2, -0.15) is 0 Å². The van der Waals surface area contributed by atoms with Crippen molar-refractivity contribution in [3.8, 4) is 0 Å². The summed E-state index contributed by atoms with van der Waals surface area (Å²) in [6, 6.07) is 0.686. The normalized spacial score (nSPS) is 49.8. The smallest absolute Gasteiger partial charge is 0.0543 e. The number of rotatable bonds is 3. The van der Waals surface area contributed by atoms with Crippen LogP contribution in [0.4, 0.5) is 0 Å². The van der Waals surface area contributed by atoms with E-state index in [9.17, 15) is 5.11 Å². The zero-order valence-corrected chi connectivity index (χ0v) is 18.2. The number of halogens is 2. The topological polar surface area (TPSA) is 58.3 Å². The number of hydrogen-bond acceptors (Lipinski definition) is 3. The Balaban J connectivity index is 0.00000121. The number of nitrogens with two attached hydrogens (primary N) is 1. The third-order valence-electron chi connectivity index (χ3n) is 9.17. The summed E-state index contributed by atoms with van der Waals surface area (Å²) in [4.78, 5) is 0. The molecular weight excluding hydrogens is 367 g/mol. The van der Waals surface area contributed by atoms with Gasteiger partial charge in [0.1, 0.15) is 0 Å². The van der Waals surface area contributed by atoms with Crippen LogP contribution in [-0.2, 0) is 0 Å². The van der Waals surface area contributed by atoms with Crippen molar-refractivity contribution in [3.05, 3.63) is 0 Å². The highest BCUT2D eigenvalue weighted by Crippen LogP contribution is 2.66. The summed E-state index contributed by atoms with van der Waals surface area (Å²) in [7, 11) is 0. The third kappa shape index (κ3) is 3.45. The van der Waals surface area contributed by atoms with Gasteiger partial charge in [0, 0.05) is 19.1 Å². The molecule has 0 radical (unpaired) electrons. The molecule has 3 nitrogen and oxygen atoms in total. The SMILES string of the molecule is C[C@]12CCC3C(CC[C@H]4CC(O)CC[C@]34C)C1CCC2NCCN.Cl.Cl. The van der Waals surface area contributed by atoms with E-state index in [1.54, 1.807) is 0 Å². The lowest BCUT2D eigenvalue weighted by Gasteiger charge is -2.61. The maximum atomic E-state index is 10.1. The van der Waals surface area contributed by atoms with Crippen molar-refractivity contribution in [2.75, 3.05) is 13.1 Å². The Bertz CT molecular complexity index is 479. The fraction of sp³-hybridized carbons (Fsp3) is 1.00. The summed E-state index contributed by atoms with van der Waals surface area (Å²) in [6.45, 7) is 6.89. The molecule has 0 aromatic rings. The summed E-state index contributed by atoms with van der Waals surface area (Å²) in [5.74, 6) is 3.54. The van der Waals surface area contributed by atoms with Gasteiger partial charge >= 0.3 is 0 Å². The second-order valence-corrected chi connectivity index (χ2v) is 10.0. The molecule has 4 aliphatic carbocycles. The second-order valence-electron chi connectivity index (χ2n) is 10.0. The van der Waals surface area contributed by atoms with E-state index in [-0.39, 0.29) is 30.9 Å². The van der Waals surface area contributed by atoms with Crippen molar-refractivity contribution >= 4 is 24.8 Å². The van der Waals surface area contributed by atoms with Crippen LogP contribution in [-0.4, -0.2) is 30.3 Å². The lowest BCUT2D eigenvalue weighted by atomic mass is 9.45. The summed E-state index contributed by atoms with van der Waals surface area (Å²) in [5.41, 5.74) is 6.74. The van der Waals surface area contributed by atoms with Crippen LogP contribution in [0.5, 0.6) is 0 Å². The minimum absolute atomic E-state index is 0. The summed E-state index contributed by atoms with van der Waals surface area (Å²) >= 11 is 0. The van der Waals surface area contributed by atoms with Crippen molar-refractivity contribution in [3.63, 3.8) is 0 Å². The Kier molecular flexibility index (Phi) is 7.39. The Hall–Kier alpha value is 0.460. The molecule has 4 rings (SSSR count). The van der Waals surface area contributed by atoms with Crippen LogP contribution in [0.25, 0.3) is 0 Å². The number of aliphatic hydroxyl groups excluding tert-OH is 1. The maximum absolute atomic E-state index is 10.1. The molecule has 0 aromatic heterocycles. The first-order valence-electron chi connectivity index (χ1n) is 10.6. The molecule has 4 N–H and O–H groups in total. The van der Waals surface area contributed by atoms with Gasteiger partial charge in [-0.3, -0.25) is 0 Å². The van der Waals surface area contributed by atoms with Crippen LogP contribution in [0.2, 0.25) is 0 Å². The van der Waals surface area contributed by atoms with Gasteiger partial charge in [-0.1, -0.05) is 13.8 Å².